The summed E-state index contributed by atoms with van der Waals surface area (Å²) in [6.07, 6.45) is 0. The lowest BCUT2D eigenvalue weighted by molar-refractivity contribution is 0.513. The van der Waals surface area contributed by atoms with E-state index >= 15 is 0 Å². The Morgan fingerprint density at radius 2 is 2.29 bits per heavy atom. The third kappa shape index (κ3) is 2.67. The summed E-state index contributed by atoms with van der Waals surface area (Å²) in [5.41, 5.74) is 8.20. The van der Waals surface area contributed by atoms with Crippen molar-refractivity contribution >= 4 is 22.9 Å². The van der Waals surface area contributed by atoms with E-state index in [1.165, 1.54) is 0 Å². The van der Waals surface area contributed by atoms with Gasteiger partial charge in [0, 0.05) is 17.8 Å². The van der Waals surface area contributed by atoms with Gasteiger partial charge < -0.3 is 11.1 Å². The molecule has 0 aliphatic heterocycles. The van der Waals surface area contributed by atoms with E-state index in [1.807, 2.05) is 25.1 Å². The van der Waals surface area contributed by atoms with Crippen molar-refractivity contribution in [2.75, 3.05) is 18.5 Å². The summed E-state index contributed by atoms with van der Waals surface area (Å²) in [4.78, 5) is 0.329. The third-order valence-electron chi connectivity index (χ3n) is 1.85. The molecule has 0 bridgehead atoms. The van der Waals surface area contributed by atoms with Gasteiger partial charge in [-0.25, -0.2) is 4.39 Å². The molecule has 0 heterocycles. The molecule has 0 aromatic heterocycles. The van der Waals surface area contributed by atoms with Crippen LogP contribution in [0.5, 0.6) is 0 Å². The van der Waals surface area contributed by atoms with Crippen LogP contribution in [0.4, 0.5) is 10.1 Å². The molecule has 0 atom stereocenters. The fraction of sp³-hybridized carbons (Fsp3) is 0.300. The Balaban J connectivity index is 2.96. The van der Waals surface area contributed by atoms with Crippen molar-refractivity contribution in [3.8, 4) is 0 Å². The first-order valence-electron chi connectivity index (χ1n) is 4.35. The first-order chi connectivity index (χ1) is 6.65. The summed E-state index contributed by atoms with van der Waals surface area (Å²) in [5, 5.41) is 2.93. The predicted molar refractivity (Wildman–Crippen MR) is 61.5 cm³/mol. The average molecular weight is 212 g/mol. The van der Waals surface area contributed by atoms with E-state index in [1.54, 1.807) is 0 Å². The topological polar surface area (TPSA) is 38.0 Å². The molecule has 2 nitrogen and oxygen atoms in total. The van der Waals surface area contributed by atoms with E-state index in [4.69, 9.17) is 18.0 Å². The lowest BCUT2D eigenvalue weighted by Gasteiger charge is -2.10. The maximum absolute atomic E-state index is 12.0. The fourth-order valence-electron chi connectivity index (χ4n) is 1.20. The zero-order valence-electron chi connectivity index (χ0n) is 8.01. The molecule has 0 fully saturated rings. The van der Waals surface area contributed by atoms with Gasteiger partial charge >= 0.3 is 0 Å². The number of halogens is 1. The lowest BCUT2D eigenvalue weighted by Crippen LogP contribution is -2.14. The zero-order valence-corrected chi connectivity index (χ0v) is 8.83. The number of rotatable bonds is 4. The van der Waals surface area contributed by atoms with Crippen LogP contribution >= 0.6 is 12.2 Å². The molecule has 0 saturated carbocycles. The summed E-state index contributed by atoms with van der Waals surface area (Å²) in [7, 11) is 0. The summed E-state index contributed by atoms with van der Waals surface area (Å²) in [6.45, 7) is 1.82. The van der Waals surface area contributed by atoms with Crippen LogP contribution in [-0.4, -0.2) is 18.2 Å². The van der Waals surface area contributed by atoms with Gasteiger partial charge in [0.15, 0.2) is 0 Å². The molecular formula is C10H13FN2S. The van der Waals surface area contributed by atoms with Crippen molar-refractivity contribution < 1.29 is 4.39 Å². The van der Waals surface area contributed by atoms with Crippen molar-refractivity contribution in [3.05, 3.63) is 29.3 Å². The fourth-order valence-corrected chi connectivity index (χ4v) is 1.37. The highest BCUT2D eigenvalue weighted by atomic mass is 32.1. The van der Waals surface area contributed by atoms with Gasteiger partial charge in [0.1, 0.15) is 11.7 Å². The van der Waals surface area contributed by atoms with Crippen molar-refractivity contribution in [2.45, 2.75) is 6.92 Å². The number of nitrogens with one attached hydrogen (secondary N) is 1. The first-order valence-corrected chi connectivity index (χ1v) is 4.76. The standard InChI is InChI=1S/C10H13FN2S/c1-7-2-3-9(13-5-4-11)8(6-7)10(12)14/h2-3,6,13H,4-5H2,1H3,(H2,12,14). The molecule has 0 aliphatic carbocycles. The monoisotopic (exact) mass is 212 g/mol. The Morgan fingerprint density at radius 3 is 2.86 bits per heavy atom. The van der Waals surface area contributed by atoms with Crippen LogP contribution in [-0.2, 0) is 0 Å². The molecule has 0 radical (unpaired) electrons. The molecule has 1 aromatic rings. The minimum absolute atomic E-state index is 0.276. The Labute approximate surface area is 88.3 Å². The minimum Gasteiger partial charge on any atom is -0.389 e. The van der Waals surface area contributed by atoms with Crippen LogP contribution in [0.2, 0.25) is 0 Å². The van der Waals surface area contributed by atoms with Gasteiger partial charge in [-0.15, -0.1) is 0 Å². The molecule has 1 aromatic carbocycles. The highest BCUT2D eigenvalue weighted by molar-refractivity contribution is 7.80. The van der Waals surface area contributed by atoms with Gasteiger partial charge in [-0.05, 0) is 19.1 Å². The van der Waals surface area contributed by atoms with Crippen molar-refractivity contribution in [1.82, 2.24) is 0 Å². The molecule has 0 unspecified atom stereocenters. The van der Waals surface area contributed by atoms with E-state index in [9.17, 15) is 4.39 Å². The molecule has 1 rings (SSSR count). The van der Waals surface area contributed by atoms with Crippen LogP contribution < -0.4 is 11.1 Å². The van der Waals surface area contributed by atoms with E-state index < -0.39 is 6.67 Å². The van der Waals surface area contributed by atoms with Crippen molar-refractivity contribution in [2.24, 2.45) is 5.73 Å². The van der Waals surface area contributed by atoms with Crippen LogP contribution in [0.1, 0.15) is 11.1 Å². The van der Waals surface area contributed by atoms with Crippen LogP contribution in [0.3, 0.4) is 0 Å². The van der Waals surface area contributed by atoms with Gasteiger partial charge in [0.2, 0.25) is 0 Å². The van der Waals surface area contributed by atoms with Crippen LogP contribution in [0.25, 0.3) is 0 Å². The highest BCUT2D eigenvalue weighted by Gasteiger charge is 2.04. The molecule has 0 saturated heterocycles. The largest absolute Gasteiger partial charge is 0.389 e. The number of hydrogen-bond donors (Lipinski definition) is 2. The molecule has 76 valence electrons. The van der Waals surface area contributed by atoms with Gasteiger partial charge in [-0.3, -0.25) is 0 Å². The molecule has 3 N–H and O–H groups in total. The number of alkyl halides is 1. The Hall–Kier alpha value is -1.16. The lowest BCUT2D eigenvalue weighted by atomic mass is 10.1. The maximum atomic E-state index is 12.0. The second-order valence-electron chi connectivity index (χ2n) is 3.03. The second kappa shape index (κ2) is 4.91. The summed E-state index contributed by atoms with van der Waals surface area (Å²) >= 11 is 4.90. The Bertz CT molecular complexity index is 339. The highest BCUT2D eigenvalue weighted by Crippen LogP contribution is 2.16. The number of hydrogen-bond acceptors (Lipinski definition) is 2. The zero-order chi connectivity index (χ0) is 10.6. The van der Waals surface area contributed by atoms with Crippen LogP contribution in [0, 0.1) is 6.92 Å². The van der Waals surface area contributed by atoms with Crippen molar-refractivity contribution in [3.63, 3.8) is 0 Å². The smallest absolute Gasteiger partial charge is 0.107 e. The van der Waals surface area contributed by atoms with Gasteiger partial charge in [-0.2, -0.15) is 0 Å². The number of benzene rings is 1. The number of aryl methyl sites for hydroxylation is 1. The SMILES string of the molecule is Cc1ccc(NCCF)c(C(N)=S)c1. The summed E-state index contributed by atoms with van der Waals surface area (Å²) < 4.78 is 12.0. The van der Waals surface area contributed by atoms with E-state index in [0.717, 1.165) is 16.8 Å². The summed E-state index contributed by atoms with van der Waals surface area (Å²) in [5.74, 6) is 0. The van der Waals surface area contributed by atoms with E-state index in [0.29, 0.717) is 4.99 Å². The predicted octanol–water partition coefficient (Wildman–Crippen LogP) is 2.01. The maximum Gasteiger partial charge on any atom is 0.107 e. The number of nitrogens with two attached hydrogens (primary N) is 1. The molecule has 4 heteroatoms. The van der Waals surface area contributed by atoms with Gasteiger partial charge in [0.05, 0.1) is 0 Å². The molecule has 14 heavy (non-hydrogen) atoms. The molecular weight excluding hydrogens is 199 g/mol. The van der Waals surface area contributed by atoms with E-state index in [-0.39, 0.29) is 6.54 Å². The normalized spacial score (nSPS) is 9.86. The van der Waals surface area contributed by atoms with Crippen molar-refractivity contribution in [1.29, 1.82) is 0 Å². The Morgan fingerprint density at radius 1 is 1.57 bits per heavy atom. The molecule has 0 amide bonds. The van der Waals surface area contributed by atoms with Gasteiger partial charge in [-0.1, -0.05) is 23.8 Å². The number of thiocarbonyl (C=S) groups is 1. The van der Waals surface area contributed by atoms with Crippen LogP contribution in [0.15, 0.2) is 18.2 Å². The number of anilines is 1. The average Bonchev–Trinajstić information content (AvgIpc) is 2.15. The molecule has 0 spiro atoms. The Kier molecular flexibility index (Phi) is 3.83. The molecule has 0 aliphatic rings. The third-order valence-corrected chi connectivity index (χ3v) is 2.07. The second-order valence-corrected chi connectivity index (χ2v) is 3.47. The quantitative estimate of drug-likeness (QED) is 0.750. The first kappa shape index (κ1) is 10.9. The minimum atomic E-state index is -0.412. The van der Waals surface area contributed by atoms with E-state index in [2.05, 4.69) is 5.32 Å². The van der Waals surface area contributed by atoms with Gasteiger partial charge in [0.25, 0.3) is 0 Å². The summed E-state index contributed by atoms with van der Waals surface area (Å²) in [6, 6.07) is 5.69.